The summed E-state index contributed by atoms with van der Waals surface area (Å²) in [5.41, 5.74) is 1.19. The van der Waals surface area contributed by atoms with E-state index in [2.05, 4.69) is 45.1 Å². The minimum Gasteiger partial charge on any atom is -0.378 e. The molecule has 1 saturated heterocycles. The summed E-state index contributed by atoms with van der Waals surface area (Å²) in [6.07, 6.45) is 4.21. The molecule has 1 N–H and O–H groups in total. The predicted molar refractivity (Wildman–Crippen MR) is 110 cm³/mol. The van der Waals surface area contributed by atoms with Gasteiger partial charge >= 0.3 is 0 Å². The Morgan fingerprint density at radius 2 is 2.17 bits per heavy atom. The maximum Gasteiger partial charge on any atom is 0.193 e. The lowest BCUT2D eigenvalue weighted by atomic mass is 10.2. The molecule has 1 fully saturated rings. The molecule has 0 unspecified atom stereocenters. The quantitative estimate of drug-likeness (QED) is 0.412. The lowest BCUT2D eigenvalue weighted by Crippen LogP contribution is -2.40. The molecule has 0 saturated carbocycles. The van der Waals surface area contributed by atoms with E-state index >= 15 is 0 Å². The molecule has 0 aliphatic carbocycles. The predicted octanol–water partition coefficient (Wildman–Crippen LogP) is 2.34. The number of anilines is 1. The standard InChI is InChI=1S/C17H29N5O.HI/c1-4-5-9-21(3)17(18-2)20-14-15-7-6-8-19-16(15)22-10-12-23-13-11-22;/h6-8H,4-5,9-14H2,1-3H3,(H,18,20);1H. The Morgan fingerprint density at radius 3 is 2.83 bits per heavy atom. The van der Waals surface area contributed by atoms with Crippen LogP contribution in [0.3, 0.4) is 0 Å². The number of ether oxygens (including phenoxy) is 1. The molecular weight excluding hydrogens is 417 g/mol. The number of nitrogens with zero attached hydrogens (tertiary/aromatic N) is 4. The van der Waals surface area contributed by atoms with Crippen molar-refractivity contribution in [1.29, 1.82) is 0 Å². The SMILES string of the molecule is CCCCN(C)C(=NC)NCc1cccnc1N1CCOCC1.I. The summed E-state index contributed by atoms with van der Waals surface area (Å²) >= 11 is 0. The molecule has 1 aromatic rings. The van der Waals surface area contributed by atoms with Crippen molar-refractivity contribution in [3.63, 3.8) is 0 Å². The van der Waals surface area contributed by atoms with Crippen molar-refractivity contribution in [3.05, 3.63) is 23.9 Å². The Balaban J connectivity index is 0.00000288. The van der Waals surface area contributed by atoms with E-state index in [1.165, 1.54) is 18.4 Å². The van der Waals surface area contributed by atoms with Crippen LogP contribution in [-0.4, -0.2) is 62.8 Å². The van der Waals surface area contributed by atoms with Crippen LogP contribution in [0.5, 0.6) is 0 Å². The fraction of sp³-hybridized carbons (Fsp3) is 0.647. The largest absolute Gasteiger partial charge is 0.378 e. The van der Waals surface area contributed by atoms with Crippen molar-refractivity contribution in [2.24, 2.45) is 4.99 Å². The number of pyridine rings is 1. The number of unbranched alkanes of at least 4 members (excludes halogenated alkanes) is 1. The zero-order chi connectivity index (χ0) is 16.5. The van der Waals surface area contributed by atoms with Gasteiger partial charge in [-0.2, -0.15) is 0 Å². The summed E-state index contributed by atoms with van der Waals surface area (Å²) in [4.78, 5) is 13.4. The van der Waals surface area contributed by atoms with E-state index in [0.717, 1.165) is 51.2 Å². The van der Waals surface area contributed by atoms with Crippen molar-refractivity contribution in [2.45, 2.75) is 26.3 Å². The van der Waals surface area contributed by atoms with Crippen LogP contribution in [0, 0.1) is 0 Å². The lowest BCUT2D eigenvalue weighted by molar-refractivity contribution is 0.122. The highest BCUT2D eigenvalue weighted by Gasteiger charge is 2.16. The molecule has 1 aliphatic rings. The second-order valence-corrected chi connectivity index (χ2v) is 5.76. The summed E-state index contributed by atoms with van der Waals surface area (Å²) in [6, 6.07) is 4.12. The van der Waals surface area contributed by atoms with Gasteiger partial charge in [-0.25, -0.2) is 4.98 Å². The maximum atomic E-state index is 5.43. The molecule has 1 aliphatic heterocycles. The first-order chi connectivity index (χ1) is 11.3. The molecule has 0 bridgehead atoms. The van der Waals surface area contributed by atoms with Gasteiger partial charge in [-0.15, -0.1) is 24.0 Å². The first kappa shape index (κ1) is 21.0. The van der Waals surface area contributed by atoms with Gasteiger partial charge in [0.1, 0.15) is 5.82 Å². The summed E-state index contributed by atoms with van der Waals surface area (Å²) < 4.78 is 5.43. The second kappa shape index (κ2) is 11.5. The van der Waals surface area contributed by atoms with Crippen LogP contribution >= 0.6 is 24.0 Å². The number of halogens is 1. The van der Waals surface area contributed by atoms with Gasteiger partial charge in [-0.1, -0.05) is 19.4 Å². The molecule has 2 heterocycles. The van der Waals surface area contributed by atoms with Crippen LogP contribution in [0.2, 0.25) is 0 Å². The van der Waals surface area contributed by atoms with Gasteiger partial charge < -0.3 is 19.9 Å². The van der Waals surface area contributed by atoms with Gasteiger partial charge in [0.15, 0.2) is 5.96 Å². The lowest BCUT2D eigenvalue weighted by Gasteiger charge is -2.30. The zero-order valence-electron chi connectivity index (χ0n) is 15.0. The number of hydrogen-bond donors (Lipinski definition) is 1. The number of rotatable bonds is 6. The Hall–Kier alpha value is -1.09. The Bertz CT molecular complexity index is 506. The summed E-state index contributed by atoms with van der Waals surface area (Å²) in [5.74, 6) is 1.98. The van der Waals surface area contributed by atoms with Crippen molar-refractivity contribution in [3.8, 4) is 0 Å². The number of guanidine groups is 1. The molecule has 0 radical (unpaired) electrons. The smallest absolute Gasteiger partial charge is 0.193 e. The van der Waals surface area contributed by atoms with Crippen LogP contribution in [-0.2, 0) is 11.3 Å². The Kier molecular flexibility index (Phi) is 10.0. The van der Waals surface area contributed by atoms with E-state index in [1.807, 2.05) is 19.3 Å². The van der Waals surface area contributed by atoms with E-state index in [9.17, 15) is 0 Å². The molecule has 0 spiro atoms. The molecule has 6 nitrogen and oxygen atoms in total. The van der Waals surface area contributed by atoms with Crippen molar-refractivity contribution in [1.82, 2.24) is 15.2 Å². The molecule has 2 rings (SSSR count). The third-order valence-corrected chi connectivity index (χ3v) is 4.04. The van der Waals surface area contributed by atoms with E-state index in [4.69, 9.17) is 4.74 Å². The number of nitrogens with one attached hydrogen (secondary N) is 1. The monoisotopic (exact) mass is 447 g/mol. The van der Waals surface area contributed by atoms with Crippen LogP contribution in [0.15, 0.2) is 23.3 Å². The maximum absolute atomic E-state index is 5.43. The molecule has 0 atom stereocenters. The number of aliphatic imine (C=N–C) groups is 1. The molecule has 0 amide bonds. The fourth-order valence-electron chi connectivity index (χ4n) is 2.69. The Labute approximate surface area is 162 Å². The van der Waals surface area contributed by atoms with Crippen LogP contribution in [0.1, 0.15) is 25.3 Å². The normalized spacial score (nSPS) is 15.0. The summed E-state index contributed by atoms with van der Waals surface area (Å²) in [5, 5.41) is 3.45. The fourth-order valence-corrected chi connectivity index (χ4v) is 2.69. The highest BCUT2D eigenvalue weighted by atomic mass is 127. The van der Waals surface area contributed by atoms with Gasteiger partial charge in [0, 0.05) is 52.0 Å². The third-order valence-electron chi connectivity index (χ3n) is 4.04. The molecule has 24 heavy (non-hydrogen) atoms. The van der Waals surface area contributed by atoms with Gasteiger partial charge in [0.2, 0.25) is 0 Å². The van der Waals surface area contributed by atoms with Gasteiger partial charge in [-0.3, -0.25) is 4.99 Å². The molecule has 136 valence electrons. The van der Waals surface area contributed by atoms with E-state index in [-0.39, 0.29) is 24.0 Å². The van der Waals surface area contributed by atoms with Gasteiger partial charge in [-0.05, 0) is 12.5 Å². The van der Waals surface area contributed by atoms with Crippen LogP contribution in [0.4, 0.5) is 5.82 Å². The highest BCUT2D eigenvalue weighted by Crippen LogP contribution is 2.18. The van der Waals surface area contributed by atoms with Gasteiger partial charge in [0.05, 0.1) is 13.2 Å². The number of aromatic nitrogens is 1. The molecule has 1 aromatic heterocycles. The Morgan fingerprint density at radius 1 is 1.42 bits per heavy atom. The van der Waals surface area contributed by atoms with Gasteiger partial charge in [0.25, 0.3) is 0 Å². The topological polar surface area (TPSA) is 53.0 Å². The minimum absolute atomic E-state index is 0. The first-order valence-corrected chi connectivity index (χ1v) is 8.44. The minimum atomic E-state index is 0. The third kappa shape index (κ3) is 6.08. The first-order valence-electron chi connectivity index (χ1n) is 8.44. The number of morpholine rings is 1. The van der Waals surface area contributed by atoms with E-state index < -0.39 is 0 Å². The summed E-state index contributed by atoms with van der Waals surface area (Å²) in [6.45, 7) is 7.28. The zero-order valence-corrected chi connectivity index (χ0v) is 17.3. The van der Waals surface area contributed by atoms with Crippen LogP contribution < -0.4 is 10.2 Å². The second-order valence-electron chi connectivity index (χ2n) is 5.76. The molecule has 0 aromatic carbocycles. The molecular formula is C17H30IN5O. The highest BCUT2D eigenvalue weighted by molar-refractivity contribution is 14.0. The van der Waals surface area contributed by atoms with E-state index in [1.54, 1.807) is 0 Å². The van der Waals surface area contributed by atoms with Crippen molar-refractivity contribution in [2.75, 3.05) is 51.8 Å². The van der Waals surface area contributed by atoms with Crippen molar-refractivity contribution < 1.29 is 4.74 Å². The molecule has 7 heteroatoms. The van der Waals surface area contributed by atoms with Crippen molar-refractivity contribution >= 4 is 35.8 Å². The summed E-state index contributed by atoms with van der Waals surface area (Å²) in [7, 11) is 3.91. The average Bonchev–Trinajstić information content (AvgIpc) is 2.61. The van der Waals surface area contributed by atoms with E-state index in [0.29, 0.717) is 0 Å². The average molecular weight is 447 g/mol. The number of hydrogen-bond acceptors (Lipinski definition) is 4. The van der Waals surface area contributed by atoms with Crippen LogP contribution in [0.25, 0.3) is 0 Å².